The smallest absolute Gasteiger partial charge is 0.224 e. The summed E-state index contributed by atoms with van der Waals surface area (Å²) in [7, 11) is 2.13. The number of hydrogen-bond donors (Lipinski definition) is 4. The van der Waals surface area contributed by atoms with Crippen molar-refractivity contribution in [3.63, 3.8) is 0 Å². The van der Waals surface area contributed by atoms with Crippen LogP contribution in [0.15, 0.2) is 127 Å². The van der Waals surface area contributed by atoms with Gasteiger partial charge in [-0.25, -0.2) is 0 Å². The van der Waals surface area contributed by atoms with E-state index in [0.29, 0.717) is 30.8 Å². The highest BCUT2D eigenvalue weighted by Crippen LogP contribution is 2.39. The topological polar surface area (TPSA) is 126 Å². The maximum atomic E-state index is 12.6. The molecule has 5 aromatic carbocycles. The number of nitrogens with one attached hydrogen (secondary N) is 2. The average molecular weight is 727 g/mol. The van der Waals surface area contributed by atoms with Gasteiger partial charge >= 0.3 is 0 Å². The number of ether oxygens (including phenoxy) is 2. The summed E-state index contributed by atoms with van der Waals surface area (Å²) >= 11 is 0. The summed E-state index contributed by atoms with van der Waals surface area (Å²) in [6, 6.07) is 42.1. The molecular formula is C45H50N4O5. The fourth-order valence-electron chi connectivity index (χ4n) is 6.75. The largest absolute Gasteiger partial charge is 0.397 e. The first-order valence-electron chi connectivity index (χ1n) is 18.6. The van der Waals surface area contributed by atoms with Crippen LogP contribution in [0.25, 0.3) is 11.1 Å². The highest BCUT2D eigenvalue weighted by Gasteiger charge is 2.33. The normalized spacial score (nSPS) is 17.5. The van der Waals surface area contributed by atoms with Gasteiger partial charge in [-0.2, -0.15) is 0 Å². The Labute approximate surface area is 318 Å². The van der Waals surface area contributed by atoms with E-state index in [0.717, 1.165) is 39.9 Å². The third kappa shape index (κ3) is 10.4. The van der Waals surface area contributed by atoms with Gasteiger partial charge in [0.15, 0.2) is 6.29 Å². The first-order valence-corrected chi connectivity index (χ1v) is 18.6. The first kappa shape index (κ1) is 38.4. The van der Waals surface area contributed by atoms with Gasteiger partial charge in [-0.05, 0) is 78.0 Å². The fraction of sp³-hybridized carbons (Fsp3) is 0.289. The molecule has 9 nitrogen and oxygen atoms in total. The van der Waals surface area contributed by atoms with E-state index in [1.165, 1.54) is 5.56 Å². The number of nitrogen functional groups attached to an aromatic ring is 1. The first-order chi connectivity index (χ1) is 26.2. The Hall–Kier alpha value is -5.32. The maximum absolute atomic E-state index is 12.6. The number of nitrogens with zero attached hydrogens (tertiary/aromatic N) is 1. The number of benzene rings is 5. The minimum Gasteiger partial charge on any atom is -0.397 e. The van der Waals surface area contributed by atoms with Crippen LogP contribution >= 0.6 is 0 Å². The molecule has 0 aliphatic carbocycles. The zero-order chi connectivity index (χ0) is 37.9. The van der Waals surface area contributed by atoms with Crippen molar-refractivity contribution in [2.75, 3.05) is 24.6 Å². The lowest BCUT2D eigenvalue weighted by molar-refractivity contribution is -0.253. The molecule has 1 heterocycles. The van der Waals surface area contributed by atoms with E-state index in [4.69, 9.17) is 15.2 Å². The second-order valence-electron chi connectivity index (χ2n) is 14.0. The molecule has 5 aromatic rings. The minimum atomic E-state index is -0.582. The van der Waals surface area contributed by atoms with Gasteiger partial charge in [0.2, 0.25) is 11.8 Å². The van der Waals surface area contributed by atoms with Crippen LogP contribution in [0.4, 0.5) is 11.4 Å². The molecular weight excluding hydrogens is 677 g/mol. The number of rotatable bonds is 15. The molecule has 5 N–H and O–H groups in total. The summed E-state index contributed by atoms with van der Waals surface area (Å²) in [6.45, 7) is 3.31. The molecule has 9 heteroatoms. The van der Waals surface area contributed by atoms with Crippen LogP contribution in [-0.2, 0) is 32.2 Å². The molecule has 280 valence electrons. The van der Waals surface area contributed by atoms with E-state index in [1.807, 2.05) is 66.7 Å². The third-order valence-electron chi connectivity index (χ3n) is 10.0. The van der Waals surface area contributed by atoms with Crippen molar-refractivity contribution in [1.82, 2.24) is 10.2 Å². The number of nitrogens with two attached hydrogens (primary N) is 1. The predicted octanol–water partition coefficient (Wildman–Crippen LogP) is 8.09. The second kappa shape index (κ2) is 18.6. The maximum Gasteiger partial charge on any atom is 0.224 e. The Balaban J connectivity index is 1.09. The molecule has 4 unspecified atom stereocenters. The summed E-state index contributed by atoms with van der Waals surface area (Å²) in [5.74, 6) is -0.285. The van der Waals surface area contributed by atoms with Crippen LogP contribution in [0.1, 0.15) is 78.9 Å². The highest BCUT2D eigenvalue weighted by molar-refractivity contribution is 5.94. The third-order valence-corrected chi connectivity index (χ3v) is 10.0. The standard InChI is InChI=1S/C45H50N4O5/c1-31(34-12-4-3-5-13-34)49(2)29-39-27-42(35-23-21-32(30-50)22-24-35)54-45(53-39)38-16-9-15-37(26-38)36-14-8-11-33(25-36)28-47-43(51)19-10-20-44(52)48-41-18-7-6-17-40(41)46/h3-9,11-18,21-26,31,39,42,45,50H,10,19-20,27-30,46H2,1-2H3,(H,47,51)(H,48,52). The summed E-state index contributed by atoms with van der Waals surface area (Å²) in [4.78, 5) is 27.3. The fourth-order valence-corrected chi connectivity index (χ4v) is 6.75. The summed E-state index contributed by atoms with van der Waals surface area (Å²) in [5, 5.41) is 15.4. The number of hydrogen-bond acceptors (Lipinski definition) is 7. The van der Waals surface area contributed by atoms with Gasteiger partial charge in [0.05, 0.1) is 30.2 Å². The monoisotopic (exact) mass is 726 g/mol. The Bertz CT molecular complexity index is 1990. The Morgan fingerprint density at radius 3 is 2.26 bits per heavy atom. The summed E-state index contributed by atoms with van der Waals surface area (Å²) < 4.78 is 13.4. The Morgan fingerprint density at radius 1 is 0.796 bits per heavy atom. The Morgan fingerprint density at radius 2 is 1.50 bits per heavy atom. The van der Waals surface area contributed by atoms with Gasteiger partial charge in [0, 0.05) is 44.0 Å². The molecule has 0 spiro atoms. The molecule has 6 rings (SSSR count). The minimum absolute atomic E-state index is 0.00506. The quantitative estimate of drug-likeness (QED) is 0.0804. The number of likely N-dealkylation sites (N-methyl/N-ethyl adjacent to an activating group) is 1. The van der Waals surface area contributed by atoms with Crippen molar-refractivity contribution < 1.29 is 24.2 Å². The lowest BCUT2D eigenvalue weighted by Gasteiger charge is -2.39. The van der Waals surface area contributed by atoms with Crippen molar-refractivity contribution in [2.45, 2.75) is 70.3 Å². The van der Waals surface area contributed by atoms with Gasteiger partial charge in [-0.3, -0.25) is 14.5 Å². The molecule has 4 atom stereocenters. The molecule has 0 radical (unpaired) electrons. The van der Waals surface area contributed by atoms with E-state index in [-0.39, 0.29) is 49.5 Å². The SMILES string of the molecule is CC(c1ccccc1)N(C)CC1CC(c2ccc(CO)cc2)OC(c2cccc(-c3cccc(CNC(=O)CCCC(=O)Nc4ccccc4N)c3)c2)O1. The van der Waals surface area contributed by atoms with E-state index in [2.05, 4.69) is 78.0 Å². The number of para-hydroxylation sites is 2. The van der Waals surface area contributed by atoms with Crippen molar-refractivity contribution in [3.8, 4) is 11.1 Å². The van der Waals surface area contributed by atoms with Gasteiger partial charge in [0.25, 0.3) is 0 Å². The number of aliphatic hydroxyl groups is 1. The number of amides is 2. The van der Waals surface area contributed by atoms with E-state index in [1.54, 1.807) is 12.1 Å². The van der Waals surface area contributed by atoms with Crippen molar-refractivity contribution in [2.24, 2.45) is 0 Å². The van der Waals surface area contributed by atoms with Crippen molar-refractivity contribution in [3.05, 3.63) is 155 Å². The summed E-state index contributed by atoms with van der Waals surface area (Å²) in [6.07, 6.45) is 0.745. The van der Waals surface area contributed by atoms with Crippen LogP contribution in [0.2, 0.25) is 0 Å². The van der Waals surface area contributed by atoms with E-state index in [9.17, 15) is 14.7 Å². The molecule has 54 heavy (non-hydrogen) atoms. The van der Waals surface area contributed by atoms with Crippen molar-refractivity contribution in [1.29, 1.82) is 0 Å². The number of carbonyl (C=O) groups excluding carboxylic acids is 2. The van der Waals surface area contributed by atoms with Crippen LogP contribution in [0.3, 0.4) is 0 Å². The van der Waals surface area contributed by atoms with Crippen LogP contribution in [0, 0.1) is 0 Å². The molecule has 1 aliphatic heterocycles. The van der Waals surface area contributed by atoms with E-state index >= 15 is 0 Å². The van der Waals surface area contributed by atoms with E-state index < -0.39 is 6.29 Å². The number of aliphatic hydroxyl groups excluding tert-OH is 1. The molecule has 2 amide bonds. The lowest BCUT2D eigenvalue weighted by atomic mass is 9.98. The molecule has 1 aliphatic rings. The van der Waals surface area contributed by atoms with Crippen LogP contribution < -0.4 is 16.4 Å². The number of carbonyl (C=O) groups is 2. The Kier molecular flexibility index (Phi) is 13.2. The summed E-state index contributed by atoms with van der Waals surface area (Å²) in [5.41, 5.74) is 14.1. The van der Waals surface area contributed by atoms with Crippen LogP contribution in [-0.4, -0.2) is 41.5 Å². The lowest BCUT2D eigenvalue weighted by Crippen LogP contribution is -2.38. The van der Waals surface area contributed by atoms with Gasteiger partial charge < -0.3 is 30.9 Å². The molecule has 0 saturated carbocycles. The van der Waals surface area contributed by atoms with Crippen LogP contribution in [0.5, 0.6) is 0 Å². The molecule has 1 fully saturated rings. The van der Waals surface area contributed by atoms with Crippen molar-refractivity contribution >= 4 is 23.2 Å². The zero-order valence-corrected chi connectivity index (χ0v) is 31.0. The number of anilines is 2. The predicted molar refractivity (Wildman–Crippen MR) is 213 cm³/mol. The zero-order valence-electron chi connectivity index (χ0n) is 31.0. The molecule has 0 bridgehead atoms. The average Bonchev–Trinajstić information content (AvgIpc) is 3.21. The van der Waals surface area contributed by atoms with Gasteiger partial charge in [-0.15, -0.1) is 0 Å². The molecule has 1 saturated heterocycles. The molecule has 0 aromatic heterocycles. The second-order valence-corrected chi connectivity index (χ2v) is 14.0. The highest BCUT2D eigenvalue weighted by atomic mass is 16.7. The van der Waals surface area contributed by atoms with Gasteiger partial charge in [-0.1, -0.05) is 103 Å². The van der Waals surface area contributed by atoms with Gasteiger partial charge in [0.1, 0.15) is 0 Å².